The summed E-state index contributed by atoms with van der Waals surface area (Å²) < 4.78 is 10.9. The van der Waals surface area contributed by atoms with E-state index in [1.165, 1.54) is 5.56 Å². The van der Waals surface area contributed by atoms with Gasteiger partial charge in [-0.25, -0.2) is 0 Å². The zero-order valence-corrected chi connectivity index (χ0v) is 15.5. The van der Waals surface area contributed by atoms with Gasteiger partial charge in [-0.1, -0.05) is 13.0 Å². The summed E-state index contributed by atoms with van der Waals surface area (Å²) in [4.78, 5) is 20.2. The number of carbonyl (C=O) groups is 1. The maximum Gasteiger partial charge on any atom is 0.231 e. The van der Waals surface area contributed by atoms with Crippen LogP contribution in [0.3, 0.4) is 0 Å². The smallest absolute Gasteiger partial charge is 0.231 e. The molecular weight excluding hydrogens is 332 g/mol. The average molecular weight is 360 g/mol. The Morgan fingerprint density at radius 2 is 2.08 bits per heavy atom. The fourth-order valence-electron chi connectivity index (χ4n) is 4.27. The Bertz CT molecular complexity index is 659. The number of nitrogens with zero attached hydrogens (tertiary/aromatic N) is 2. The lowest BCUT2D eigenvalue weighted by atomic mass is 9.77. The molecule has 0 bridgehead atoms. The quantitative estimate of drug-likeness (QED) is 0.808. The summed E-state index contributed by atoms with van der Waals surface area (Å²) >= 11 is 0. The lowest BCUT2D eigenvalue weighted by molar-refractivity contribution is -0.141. The van der Waals surface area contributed by atoms with Crippen LogP contribution in [0.1, 0.15) is 38.2 Å². The van der Waals surface area contributed by atoms with Crippen molar-refractivity contribution in [3.05, 3.63) is 23.8 Å². The van der Waals surface area contributed by atoms with E-state index >= 15 is 0 Å². The molecule has 142 valence electrons. The summed E-state index contributed by atoms with van der Waals surface area (Å²) in [6.45, 7) is 6.71. The second-order valence-electron chi connectivity index (χ2n) is 7.96. The van der Waals surface area contributed by atoms with Gasteiger partial charge in [0.15, 0.2) is 11.5 Å². The molecule has 2 saturated heterocycles. The Hall–Kier alpha value is -1.79. The molecule has 1 aromatic carbocycles. The molecule has 1 atom stereocenters. The van der Waals surface area contributed by atoms with Crippen molar-refractivity contribution in [2.45, 2.75) is 39.0 Å². The summed E-state index contributed by atoms with van der Waals surface area (Å²) in [5.41, 5.74) is 1.35. The van der Waals surface area contributed by atoms with Crippen LogP contribution in [0.25, 0.3) is 0 Å². The van der Waals surface area contributed by atoms with Crippen LogP contribution in [0.2, 0.25) is 0 Å². The number of benzene rings is 1. The van der Waals surface area contributed by atoms with Crippen molar-refractivity contribution < 1.29 is 19.1 Å². The minimum absolute atomic E-state index is 0.103. The number of fused-ring (bicyclic) bond motifs is 1. The van der Waals surface area contributed by atoms with Crippen LogP contribution in [-0.4, -0.2) is 55.4 Å². The van der Waals surface area contributed by atoms with Gasteiger partial charge in [0.25, 0.3) is 0 Å². The van der Waals surface area contributed by atoms with Crippen LogP contribution >= 0.6 is 0 Å². The minimum atomic E-state index is 0.103. The Kier molecular flexibility index (Phi) is 5.05. The monoisotopic (exact) mass is 360 g/mol. The van der Waals surface area contributed by atoms with Gasteiger partial charge in [0.05, 0.1) is 6.61 Å². The number of likely N-dealkylation sites (tertiary alicyclic amines) is 1. The maximum atomic E-state index is 12.7. The molecule has 3 heterocycles. The number of piperidine rings is 1. The summed E-state index contributed by atoms with van der Waals surface area (Å²) in [5, 5.41) is 1.92. The van der Waals surface area contributed by atoms with Gasteiger partial charge in [-0.05, 0) is 48.8 Å². The molecule has 0 unspecified atom stereocenters. The van der Waals surface area contributed by atoms with Gasteiger partial charge in [0, 0.05) is 32.6 Å². The van der Waals surface area contributed by atoms with E-state index in [1.54, 1.807) is 0 Å². The Morgan fingerprint density at radius 3 is 2.92 bits per heavy atom. The largest absolute Gasteiger partial charge is 0.454 e. The average Bonchev–Trinajstić information content (AvgIpc) is 3.30. The molecule has 0 aromatic heterocycles. The Balaban J connectivity index is 1.34. The lowest BCUT2D eigenvalue weighted by Crippen LogP contribution is -2.46. The van der Waals surface area contributed by atoms with Gasteiger partial charge in [-0.3, -0.25) is 9.63 Å². The van der Waals surface area contributed by atoms with E-state index in [-0.39, 0.29) is 11.3 Å². The highest BCUT2D eigenvalue weighted by Crippen LogP contribution is 2.37. The topological polar surface area (TPSA) is 51.2 Å². The lowest BCUT2D eigenvalue weighted by Gasteiger charge is -2.41. The Morgan fingerprint density at radius 1 is 1.19 bits per heavy atom. The second kappa shape index (κ2) is 7.45. The van der Waals surface area contributed by atoms with Crippen molar-refractivity contribution in [3.8, 4) is 11.5 Å². The fourth-order valence-corrected chi connectivity index (χ4v) is 4.27. The first-order valence-electron chi connectivity index (χ1n) is 9.66. The minimum Gasteiger partial charge on any atom is -0.454 e. The SMILES string of the molecule is C[C@]1(Cc2ccc3c(c2)OCO3)CCCN(C(=O)CCN2CCCO2)C1. The molecule has 0 spiro atoms. The van der Waals surface area contributed by atoms with Gasteiger partial charge in [0.1, 0.15) is 0 Å². The molecule has 3 aliphatic heterocycles. The van der Waals surface area contributed by atoms with Gasteiger partial charge >= 0.3 is 0 Å². The molecule has 4 rings (SSSR count). The third kappa shape index (κ3) is 3.96. The fraction of sp³-hybridized carbons (Fsp3) is 0.650. The van der Waals surface area contributed by atoms with Crippen molar-refractivity contribution in [1.29, 1.82) is 0 Å². The number of hydroxylamine groups is 2. The number of ether oxygens (including phenoxy) is 2. The number of carbonyl (C=O) groups excluding carboxylic acids is 1. The third-order valence-corrected chi connectivity index (χ3v) is 5.60. The maximum absolute atomic E-state index is 12.7. The number of hydrogen-bond donors (Lipinski definition) is 0. The van der Waals surface area contributed by atoms with Gasteiger partial charge < -0.3 is 14.4 Å². The van der Waals surface area contributed by atoms with E-state index in [0.717, 1.165) is 63.4 Å². The molecule has 6 nitrogen and oxygen atoms in total. The zero-order chi connectivity index (χ0) is 18.0. The summed E-state index contributed by atoms with van der Waals surface area (Å²) in [6, 6.07) is 6.19. The van der Waals surface area contributed by atoms with E-state index in [2.05, 4.69) is 19.1 Å². The standard InChI is InChI=1S/C20H28N2O4/c1-20(13-16-4-5-17-18(12-16)25-15-24-17)7-2-8-21(14-20)19(23)6-10-22-9-3-11-26-22/h4-5,12H,2-3,6-11,13-15H2,1H3/t20-/m1/s1. The van der Waals surface area contributed by atoms with Crippen molar-refractivity contribution in [2.24, 2.45) is 5.41 Å². The molecule has 0 N–H and O–H groups in total. The molecule has 0 aliphatic carbocycles. The van der Waals surface area contributed by atoms with Crippen molar-refractivity contribution in [1.82, 2.24) is 9.96 Å². The highest BCUT2D eigenvalue weighted by atomic mass is 16.7. The number of rotatable bonds is 5. The van der Waals surface area contributed by atoms with Gasteiger partial charge in [-0.15, -0.1) is 0 Å². The van der Waals surface area contributed by atoms with E-state index in [1.807, 2.05) is 16.0 Å². The van der Waals surface area contributed by atoms with Crippen molar-refractivity contribution in [3.63, 3.8) is 0 Å². The summed E-state index contributed by atoms with van der Waals surface area (Å²) in [7, 11) is 0. The number of amides is 1. The molecule has 3 aliphatic rings. The molecule has 0 radical (unpaired) electrons. The van der Waals surface area contributed by atoms with Crippen LogP contribution in [0.5, 0.6) is 11.5 Å². The first-order chi connectivity index (χ1) is 12.6. The van der Waals surface area contributed by atoms with Crippen LogP contribution in [0, 0.1) is 5.41 Å². The highest BCUT2D eigenvalue weighted by molar-refractivity contribution is 5.76. The zero-order valence-electron chi connectivity index (χ0n) is 15.5. The Labute approximate surface area is 154 Å². The molecular formula is C20H28N2O4. The first kappa shape index (κ1) is 17.6. The molecule has 2 fully saturated rings. The van der Waals surface area contributed by atoms with Crippen molar-refractivity contribution in [2.75, 3.05) is 39.6 Å². The van der Waals surface area contributed by atoms with Crippen LogP contribution < -0.4 is 9.47 Å². The van der Waals surface area contributed by atoms with Crippen LogP contribution in [0.15, 0.2) is 18.2 Å². The van der Waals surface area contributed by atoms with E-state index in [0.29, 0.717) is 19.8 Å². The normalized spacial score (nSPS) is 25.7. The van der Waals surface area contributed by atoms with Gasteiger partial charge in [-0.2, -0.15) is 5.06 Å². The molecule has 1 amide bonds. The molecule has 0 saturated carbocycles. The highest BCUT2D eigenvalue weighted by Gasteiger charge is 2.33. The first-order valence-corrected chi connectivity index (χ1v) is 9.66. The third-order valence-electron chi connectivity index (χ3n) is 5.60. The summed E-state index contributed by atoms with van der Waals surface area (Å²) in [6.07, 6.45) is 4.75. The molecule has 1 aromatic rings. The van der Waals surface area contributed by atoms with Crippen molar-refractivity contribution >= 4 is 5.91 Å². The van der Waals surface area contributed by atoms with Gasteiger partial charge in [0.2, 0.25) is 12.7 Å². The van der Waals surface area contributed by atoms with Crippen LogP contribution in [0.4, 0.5) is 0 Å². The van der Waals surface area contributed by atoms with E-state index in [9.17, 15) is 4.79 Å². The number of hydrogen-bond acceptors (Lipinski definition) is 5. The second-order valence-corrected chi connectivity index (χ2v) is 7.96. The van der Waals surface area contributed by atoms with E-state index < -0.39 is 0 Å². The predicted molar refractivity (Wildman–Crippen MR) is 96.9 cm³/mol. The van der Waals surface area contributed by atoms with Crippen LogP contribution in [-0.2, 0) is 16.1 Å². The summed E-state index contributed by atoms with van der Waals surface area (Å²) in [5.74, 6) is 1.90. The molecule has 6 heteroatoms. The van der Waals surface area contributed by atoms with E-state index in [4.69, 9.17) is 14.3 Å². The predicted octanol–water partition coefficient (Wildman–Crippen LogP) is 2.61. The molecule has 26 heavy (non-hydrogen) atoms.